The van der Waals surface area contributed by atoms with E-state index < -0.39 is 0 Å². The number of nitriles is 2. The second-order valence-electron chi connectivity index (χ2n) is 3.71. The summed E-state index contributed by atoms with van der Waals surface area (Å²) in [5, 5.41) is 17.8. The first-order chi connectivity index (χ1) is 9.26. The molecule has 0 aliphatic carbocycles. The zero-order chi connectivity index (χ0) is 13.7. The highest BCUT2D eigenvalue weighted by Crippen LogP contribution is 2.25. The van der Waals surface area contributed by atoms with Crippen LogP contribution in [0.25, 0.3) is 0 Å². The molecular weight excluding hydrogens is 240 g/mol. The van der Waals surface area contributed by atoms with E-state index in [2.05, 4.69) is 0 Å². The molecule has 0 fully saturated rings. The average molecular weight is 250 g/mol. The minimum atomic E-state index is 0.300. The van der Waals surface area contributed by atoms with E-state index >= 15 is 0 Å². The highest BCUT2D eigenvalue weighted by molar-refractivity contribution is 5.50. The molecule has 0 heterocycles. The highest BCUT2D eigenvalue weighted by Gasteiger charge is 2.04. The molecule has 0 aromatic heterocycles. The van der Waals surface area contributed by atoms with E-state index in [4.69, 9.17) is 20.0 Å². The lowest BCUT2D eigenvalue weighted by Crippen LogP contribution is -1.88. The quantitative estimate of drug-likeness (QED) is 0.838. The van der Waals surface area contributed by atoms with Crippen LogP contribution in [0, 0.1) is 22.7 Å². The summed E-state index contributed by atoms with van der Waals surface area (Å²) in [4.78, 5) is 0. The Morgan fingerprint density at radius 3 is 1.95 bits per heavy atom. The molecule has 0 spiro atoms. The van der Waals surface area contributed by atoms with Gasteiger partial charge in [0.05, 0.1) is 18.2 Å². The van der Waals surface area contributed by atoms with Crippen LogP contribution < -0.4 is 9.47 Å². The molecule has 4 nitrogen and oxygen atoms in total. The van der Waals surface area contributed by atoms with Crippen molar-refractivity contribution in [3.05, 3.63) is 53.6 Å². The topological polar surface area (TPSA) is 66.0 Å². The van der Waals surface area contributed by atoms with Gasteiger partial charge in [0.2, 0.25) is 0 Å². The van der Waals surface area contributed by atoms with Crippen molar-refractivity contribution < 1.29 is 9.47 Å². The first kappa shape index (κ1) is 12.5. The first-order valence-corrected chi connectivity index (χ1v) is 5.53. The fraction of sp³-hybridized carbons (Fsp3) is 0.0667. The largest absolute Gasteiger partial charge is 0.497 e. The molecule has 0 N–H and O–H groups in total. The van der Waals surface area contributed by atoms with Crippen LogP contribution in [0.2, 0.25) is 0 Å². The number of nitrogens with zero attached hydrogens (tertiary/aromatic N) is 2. The average Bonchev–Trinajstić information content (AvgIpc) is 2.48. The first-order valence-electron chi connectivity index (χ1n) is 5.53. The second-order valence-corrected chi connectivity index (χ2v) is 3.71. The molecule has 0 atom stereocenters. The molecule has 0 bridgehead atoms. The summed E-state index contributed by atoms with van der Waals surface area (Å²) >= 11 is 0. The number of rotatable bonds is 3. The van der Waals surface area contributed by atoms with Crippen molar-refractivity contribution in [3.63, 3.8) is 0 Å². The lowest BCUT2D eigenvalue weighted by atomic mass is 10.1. The van der Waals surface area contributed by atoms with Gasteiger partial charge in [-0.1, -0.05) is 0 Å². The lowest BCUT2D eigenvalue weighted by molar-refractivity contribution is 0.413. The number of methoxy groups -OCH3 is 1. The van der Waals surface area contributed by atoms with E-state index in [9.17, 15) is 0 Å². The Hall–Kier alpha value is -2.98. The number of hydrogen-bond donors (Lipinski definition) is 0. The van der Waals surface area contributed by atoms with E-state index in [0.717, 1.165) is 5.75 Å². The van der Waals surface area contributed by atoms with E-state index in [1.807, 2.05) is 12.1 Å². The van der Waals surface area contributed by atoms with Crippen LogP contribution in [-0.4, -0.2) is 7.11 Å². The van der Waals surface area contributed by atoms with Gasteiger partial charge in [-0.05, 0) is 42.5 Å². The van der Waals surface area contributed by atoms with E-state index in [1.165, 1.54) is 0 Å². The van der Waals surface area contributed by atoms with Gasteiger partial charge in [-0.3, -0.25) is 0 Å². The van der Waals surface area contributed by atoms with Crippen LogP contribution in [0.15, 0.2) is 42.5 Å². The predicted octanol–water partition coefficient (Wildman–Crippen LogP) is 3.23. The molecular formula is C15H10N2O2. The van der Waals surface area contributed by atoms with Crippen molar-refractivity contribution >= 4 is 0 Å². The Balaban J connectivity index is 2.24. The molecule has 92 valence electrons. The molecule has 2 rings (SSSR count). The van der Waals surface area contributed by atoms with Crippen LogP contribution in [-0.2, 0) is 0 Å². The van der Waals surface area contributed by atoms with Gasteiger partial charge < -0.3 is 9.47 Å². The Labute approximate surface area is 111 Å². The van der Waals surface area contributed by atoms with Crippen molar-refractivity contribution in [2.24, 2.45) is 0 Å². The van der Waals surface area contributed by atoms with Crippen LogP contribution in [0.1, 0.15) is 11.1 Å². The Kier molecular flexibility index (Phi) is 3.66. The van der Waals surface area contributed by atoms with Crippen molar-refractivity contribution in [3.8, 4) is 29.4 Å². The monoisotopic (exact) mass is 250 g/mol. The summed E-state index contributed by atoms with van der Waals surface area (Å²) < 4.78 is 10.7. The normalized spacial score (nSPS) is 9.21. The molecule has 0 aliphatic heterocycles. The maximum Gasteiger partial charge on any atom is 0.128 e. The van der Waals surface area contributed by atoms with Crippen molar-refractivity contribution in [1.82, 2.24) is 0 Å². The third-order valence-corrected chi connectivity index (χ3v) is 2.53. The standard InChI is InChI=1S/C15H10N2O2/c1-18-13-4-6-14(7-5-13)19-15-3-2-11(9-16)12(8-15)10-17/h2-8H,1H3. The number of benzene rings is 2. The van der Waals surface area contributed by atoms with Crippen LogP contribution in [0.5, 0.6) is 17.2 Å². The van der Waals surface area contributed by atoms with Gasteiger partial charge in [0.15, 0.2) is 0 Å². The third kappa shape index (κ3) is 2.83. The van der Waals surface area contributed by atoms with Gasteiger partial charge in [-0.2, -0.15) is 10.5 Å². The molecule has 0 amide bonds. The second kappa shape index (κ2) is 5.57. The van der Waals surface area contributed by atoms with Crippen molar-refractivity contribution in [1.29, 1.82) is 10.5 Å². The van der Waals surface area contributed by atoms with Gasteiger partial charge in [-0.15, -0.1) is 0 Å². The zero-order valence-electron chi connectivity index (χ0n) is 10.3. The number of ether oxygens (including phenoxy) is 2. The Bertz CT molecular complexity index is 664. The molecule has 4 heteroatoms. The maximum absolute atomic E-state index is 8.94. The fourth-order valence-corrected chi connectivity index (χ4v) is 1.56. The molecule has 2 aromatic carbocycles. The number of hydrogen-bond acceptors (Lipinski definition) is 4. The lowest BCUT2D eigenvalue weighted by Gasteiger charge is -2.07. The van der Waals surface area contributed by atoms with E-state index in [0.29, 0.717) is 22.6 Å². The van der Waals surface area contributed by atoms with Crippen LogP contribution in [0.3, 0.4) is 0 Å². The maximum atomic E-state index is 8.94. The zero-order valence-corrected chi connectivity index (χ0v) is 10.3. The van der Waals surface area contributed by atoms with E-state index in [1.54, 1.807) is 49.6 Å². The fourth-order valence-electron chi connectivity index (χ4n) is 1.56. The smallest absolute Gasteiger partial charge is 0.128 e. The van der Waals surface area contributed by atoms with E-state index in [-0.39, 0.29) is 0 Å². The molecule has 2 aromatic rings. The third-order valence-electron chi connectivity index (χ3n) is 2.53. The Morgan fingerprint density at radius 2 is 1.37 bits per heavy atom. The summed E-state index contributed by atoms with van der Waals surface area (Å²) in [5.41, 5.74) is 0.637. The van der Waals surface area contributed by atoms with Gasteiger partial charge >= 0.3 is 0 Å². The molecule has 0 radical (unpaired) electrons. The minimum Gasteiger partial charge on any atom is -0.497 e. The Morgan fingerprint density at radius 1 is 0.789 bits per heavy atom. The molecule has 0 saturated heterocycles. The minimum absolute atomic E-state index is 0.300. The predicted molar refractivity (Wildman–Crippen MR) is 68.9 cm³/mol. The molecule has 0 unspecified atom stereocenters. The molecule has 0 saturated carbocycles. The summed E-state index contributed by atoms with van der Waals surface area (Å²) in [7, 11) is 1.59. The summed E-state index contributed by atoms with van der Waals surface area (Å²) in [6.07, 6.45) is 0. The van der Waals surface area contributed by atoms with Gasteiger partial charge in [0.25, 0.3) is 0 Å². The highest BCUT2D eigenvalue weighted by atomic mass is 16.5. The summed E-state index contributed by atoms with van der Waals surface area (Å²) in [6.45, 7) is 0. The van der Waals surface area contributed by atoms with Crippen molar-refractivity contribution in [2.45, 2.75) is 0 Å². The summed E-state index contributed by atoms with van der Waals surface area (Å²) in [5.74, 6) is 1.89. The van der Waals surface area contributed by atoms with Gasteiger partial charge in [0, 0.05) is 0 Å². The van der Waals surface area contributed by atoms with Crippen molar-refractivity contribution in [2.75, 3.05) is 7.11 Å². The van der Waals surface area contributed by atoms with Crippen LogP contribution in [0.4, 0.5) is 0 Å². The summed E-state index contributed by atoms with van der Waals surface area (Å²) in [6, 6.07) is 15.8. The van der Waals surface area contributed by atoms with Gasteiger partial charge in [0.1, 0.15) is 29.4 Å². The van der Waals surface area contributed by atoms with Gasteiger partial charge in [-0.25, -0.2) is 0 Å². The molecule has 0 aliphatic rings. The SMILES string of the molecule is COc1ccc(Oc2ccc(C#N)c(C#N)c2)cc1. The van der Waals surface area contributed by atoms with Crippen LogP contribution >= 0.6 is 0 Å². The molecule has 19 heavy (non-hydrogen) atoms.